The Morgan fingerprint density at radius 3 is 2.52 bits per heavy atom. The maximum Gasteiger partial charge on any atom is 0.490 e. The lowest BCUT2D eigenvalue weighted by molar-refractivity contribution is -0.0456. The molecule has 2 fully saturated rings. The molecule has 0 spiro atoms. The van der Waals surface area contributed by atoms with Crippen molar-refractivity contribution in [1.29, 1.82) is 0 Å². The molecule has 0 aromatic carbocycles. The predicted octanol–water partition coefficient (Wildman–Crippen LogP) is 0.0769. The Morgan fingerprint density at radius 1 is 1.21 bits per heavy atom. The van der Waals surface area contributed by atoms with Crippen molar-refractivity contribution in [3.05, 3.63) is 23.9 Å². The number of phosphoric ester groups is 1. The first-order chi connectivity index (χ1) is 15.0. The normalized spacial score (nSPS) is 32.9. The third kappa shape index (κ3) is 4.50. The fourth-order valence-corrected chi connectivity index (χ4v) is 6.64. The summed E-state index contributed by atoms with van der Waals surface area (Å²) in [6, 6.07) is 2.62. The van der Waals surface area contributed by atoms with Crippen LogP contribution in [-0.2, 0) is 31.6 Å². The van der Waals surface area contributed by atoms with E-state index in [1.807, 2.05) is 0 Å². The highest BCUT2D eigenvalue weighted by Crippen LogP contribution is 2.69. The van der Waals surface area contributed by atoms with Crippen LogP contribution in [0.1, 0.15) is 18.2 Å². The summed E-state index contributed by atoms with van der Waals surface area (Å²) in [4.78, 5) is 39.1. The molecule has 2 aliphatic rings. The number of phosphoric acid groups is 3. The summed E-state index contributed by atoms with van der Waals surface area (Å²) in [5.41, 5.74) is 1.45. The van der Waals surface area contributed by atoms with Crippen LogP contribution in [0.3, 0.4) is 0 Å². The van der Waals surface area contributed by atoms with Gasteiger partial charge in [-0.15, -0.1) is 5.10 Å². The van der Waals surface area contributed by atoms with E-state index >= 15 is 4.39 Å². The van der Waals surface area contributed by atoms with Crippen molar-refractivity contribution in [3.63, 3.8) is 0 Å². The minimum absolute atomic E-state index is 0.0798. The summed E-state index contributed by atoms with van der Waals surface area (Å²) < 4.78 is 80.6. The molecule has 184 valence electrons. The molecule has 2 aromatic heterocycles. The number of fused-ring (bicyclic) bond motifs is 2. The molecule has 16 nitrogen and oxygen atoms in total. The number of hydrogen-bond donors (Lipinski definition) is 6. The number of aromatic nitrogens is 3. The number of aliphatic hydroxyl groups is 1. The lowest BCUT2D eigenvalue weighted by Gasteiger charge is -2.20. The third-order valence-electron chi connectivity index (χ3n) is 5.00. The average Bonchev–Trinajstić information content (AvgIpc) is 2.90. The van der Waals surface area contributed by atoms with Gasteiger partial charge in [0.2, 0.25) is 0 Å². The molecule has 7 N–H and O–H groups in total. The first kappa shape index (κ1) is 24.7. The molecule has 3 heterocycles. The van der Waals surface area contributed by atoms with Crippen LogP contribution in [0.5, 0.6) is 0 Å². The molecule has 0 amide bonds. The topological polar surface area (TPSA) is 245 Å². The monoisotopic (exact) mass is 538 g/mol. The van der Waals surface area contributed by atoms with Crippen LogP contribution in [0, 0.1) is 6.08 Å². The summed E-state index contributed by atoms with van der Waals surface area (Å²) in [5, 5.41) is 14.0. The Balaban J connectivity index is 1.51. The Morgan fingerprint density at radius 2 is 1.88 bits per heavy atom. The molecule has 1 aliphatic carbocycles. The predicted molar refractivity (Wildman–Crippen MR) is 98.2 cm³/mol. The summed E-state index contributed by atoms with van der Waals surface area (Å²) in [6.45, 7) is -1.06. The second-order valence-electron chi connectivity index (χ2n) is 7.22. The van der Waals surface area contributed by atoms with Crippen molar-refractivity contribution in [2.75, 3.05) is 12.3 Å². The molecular formula is C12H15F2N4O12P3. The van der Waals surface area contributed by atoms with Gasteiger partial charge in [-0.05, 0) is 12.1 Å². The van der Waals surface area contributed by atoms with Gasteiger partial charge in [-0.25, -0.2) is 22.6 Å². The first-order valence-corrected chi connectivity index (χ1v) is 13.1. The number of nitrogen functional groups attached to an aromatic ring is 1. The third-order valence-corrected chi connectivity index (χ3v) is 8.79. The summed E-state index contributed by atoms with van der Waals surface area (Å²) in [7, 11) is -16.9. The molecule has 33 heavy (non-hydrogen) atoms. The summed E-state index contributed by atoms with van der Waals surface area (Å²) in [6.07, 6.45) is -5.37. The van der Waals surface area contributed by atoms with Crippen molar-refractivity contribution < 1.29 is 65.0 Å². The van der Waals surface area contributed by atoms with Crippen LogP contribution in [0.2, 0.25) is 0 Å². The van der Waals surface area contributed by atoms with Gasteiger partial charge in [-0.3, -0.25) is 4.52 Å². The molecule has 21 heteroatoms. The van der Waals surface area contributed by atoms with E-state index in [4.69, 9.17) is 25.2 Å². The molecule has 0 bridgehead atoms. The largest absolute Gasteiger partial charge is 0.490 e. The summed E-state index contributed by atoms with van der Waals surface area (Å²) >= 11 is 0. The molecule has 1 saturated carbocycles. The van der Waals surface area contributed by atoms with Gasteiger partial charge in [0, 0.05) is 6.42 Å². The van der Waals surface area contributed by atoms with Crippen molar-refractivity contribution in [2.45, 2.75) is 29.9 Å². The van der Waals surface area contributed by atoms with E-state index in [1.54, 1.807) is 0 Å². The van der Waals surface area contributed by atoms with Crippen molar-refractivity contribution in [2.24, 2.45) is 0 Å². The SMILES string of the molecule is Nc1nc(F)nn2c([C@@H]3O[C@@]4(COP(=O)(O)OP(=O)(O)OP(=O)(O)O)C[C@]4(O)[C@H]3F)ccc12. The lowest BCUT2D eigenvalue weighted by Crippen LogP contribution is -2.31. The van der Waals surface area contributed by atoms with Crippen molar-refractivity contribution >= 4 is 34.8 Å². The number of hydrogen-bond acceptors (Lipinski definition) is 11. The zero-order valence-electron chi connectivity index (χ0n) is 15.8. The number of ether oxygens (including phenoxy) is 1. The van der Waals surface area contributed by atoms with Crippen LogP contribution < -0.4 is 5.73 Å². The number of anilines is 1. The molecule has 2 aromatic rings. The van der Waals surface area contributed by atoms with Gasteiger partial charge >= 0.3 is 29.5 Å². The fraction of sp³-hybridized carbons (Fsp3) is 0.500. The first-order valence-electron chi connectivity index (χ1n) is 8.61. The zero-order valence-corrected chi connectivity index (χ0v) is 18.5. The Bertz CT molecular complexity index is 1270. The lowest BCUT2D eigenvalue weighted by atomic mass is 10.1. The molecule has 0 radical (unpaired) electrons. The van der Waals surface area contributed by atoms with E-state index in [-0.39, 0.29) is 17.0 Å². The van der Waals surface area contributed by atoms with Crippen molar-refractivity contribution in [1.82, 2.24) is 14.6 Å². The Hall–Kier alpha value is -1.39. The quantitative estimate of drug-likeness (QED) is 0.244. The van der Waals surface area contributed by atoms with E-state index in [2.05, 4.69) is 23.2 Å². The van der Waals surface area contributed by atoms with Crippen LogP contribution in [0.15, 0.2) is 12.1 Å². The number of nitrogens with zero attached hydrogens (tertiary/aromatic N) is 3. The van der Waals surface area contributed by atoms with E-state index < -0.39 is 66.1 Å². The molecule has 6 atom stereocenters. The molecule has 1 aliphatic heterocycles. The Labute approximate surface area is 181 Å². The second kappa shape index (κ2) is 7.55. The van der Waals surface area contributed by atoms with E-state index in [0.717, 1.165) is 4.52 Å². The van der Waals surface area contributed by atoms with Gasteiger partial charge in [-0.1, -0.05) is 0 Å². The van der Waals surface area contributed by atoms with E-state index in [1.165, 1.54) is 12.1 Å². The van der Waals surface area contributed by atoms with Gasteiger partial charge in [0.1, 0.15) is 22.8 Å². The van der Waals surface area contributed by atoms with Crippen molar-refractivity contribution in [3.8, 4) is 0 Å². The van der Waals surface area contributed by atoms with E-state index in [9.17, 15) is 28.1 Å². The fourth-order valence-electron chi connectivity index (χ4n) is 3.57. The molecule has 2 unspecified atom stereocenters. The molecule has 1 saturated heterocycles. The second-order valence-corrected chi connectivity index (χ2v) is 11.6. The van der Waals surface area contributed by atoms with Crippen LogP contribution in [-0.4, -0.2) is 63.3 Å². The number of alkyl halides is 1. The minimum atomic E-state index is -5.77. The number of halogens is 2. The van der Waals surface area contributed by atoms with Gasteiger partial charge in [0.05, 0.1) is 12.3 Å². The molecular weight excluding hydrogens is 523 g/mol. The maximum atomic E-state index is 15.1. The standard InChI is InChI=1S/C12H15F2N4O12P3/c13-8-7(5-1-2-6-9(15)16-10(14)17-18(5)6)28-11(3-12(8,11)19)4-27-32(23,24)30-33(25,26)29-31(20,21)22/h1-2,7-8,19H,3-4H2,(H,23,24)(H,25,26)(H2,15,16,17)(H2,20,21,22)/t7-,8-,11+,12-/m0/s1. The smallest absolute Gasteiger partial charge is 0.383 e. The number of rotatable bonds is 8. The Kier molecular flexibility index (Phi) is 5.66. The highest BCUT2D eigenvalue weighted by atomic mass is 31.3. The zero-order chi connectivity index (χ0) is 24.6. The summed E-state index contributed by atoms with van der Waals surface area (Å²) in [5.74, 6) is -0.256. The minimum Gasteiger partial charge on any atom is -0.383 e. The number of nitrogens with two attached hydrogens (primary N) is 1. The maximum absolute atomic E-state index is 15.1. The van der Waals surface area contributed by atoms with Gasteiger partial charge < -0.3 is 35.2 Å². The van der Waals surface area contributed by atoms with E-state index in [0.29, 0.717) is 0 Å². The van der Waals surface area contributed by atoms with Gasteiger partial charge in [0.25, 0.3) is 0 Å². The van der Waals surface area contributed by atoms with Crippen LogP contribution in [0.25, 0.3) is 5.52 Å². The highest BCUT2D eigenvalue weighted by molar-refractivity contribution is 7.66. The van der Waals surface area contributed by atoms with Crippen LogP contribution >= 0.6 is 23.5 Å². The molecule has 4 rings (SSSR count). The van der Waals surface area contributed by atoms with Gasteiger partial charge in [-0.2, -0.15) is 18.0 Å². The highest BCUT2D eigenvalue weighted by Gasteiger charge is 2.80. The van der Waals surface area contributed by atoms with Crippen LogP contribution in [0.4, 0.5) is 14.6 Å². The average molecular weight is 538 g/mol. The van der Waals surface area contributed by atoms with Gasteiger partial charge in [0.15, 0.2) is 12.0 Å².